The number of nitrogens with zero attached hydrogens (tertiary/aromatic N) is 3. The number of aryl methyl sites for hydroxylation is 1. The molecule has 11 nitrogen and oxygen atoms in total. The summed E-state index contributed by atoms with van der Waals surface area (Å²) in [7, 11) is 1.42. The van der Waals surface area contributed by atoms with Gasteiger partial charge in [-0.25, -0.2) is 10.1 Å². The summed E-state index contributed by atoms with van der Waals surface area (Å²) in [4.78, 5) is 35.1. The van der Waals surface area contributed by atoms with Gasteiger partial charge in [0, 0.05) is 20.4 Å². The van der Waals surface area contributed by atoms with Crippen LogP contribution in [0.1, 0.15) is 59.6 Å². The molecule has 35 heavy (non-hydrogen) atoms. The summed E-state index contributed by atoms with van der Waals surface area (Å²) >= 11 is 0. The van der Waals surface area contributed by atoms with Crippen LogP contribution in [0.2, 0.25) is 0 Å². The molecule has 0 aliphatic heterocycles. The monoisotopic (exact) mass is 514 g/mol. The van der Waals surface area contributed by atoms with Crippen molar-refractivity contribution in [1.82, 2.24) is 15.1 Å². The number of rotatable bonds is 16. The van der Waals surface area contributed by atoms with Crippen molar-refractivity contribution in [1.29, 1.82) is 0 Å². The van der Waals surface area contributed by atoms with Gasteiger partial charge >= 0.3 is 5.97 Å². The van der Waals surface area contributed by atoms with E-state index in [0.717, 1.165) is 25.0 Å². The van der Waals surface area contributed by atoms with Crippen LogP contribution in [0.5, 0.6) is 0 Å². The first-order chi connectivity index (χ1) is 16.5. The lowest BCUT2D eigenvalue weighted by Gasteiger charge is -2.24. The molecule has 0 spiro atoms. The van der Waals surface area contributed by atoms with Crippen LogP contribution >= 0.6 is 8.53 Å². The molecule has 0 saturated carbocycles. The van der Waals surface area contributed by atoms with E-state index in [4.69, 9.17) is 19.7 Å². The Hall–Kier alpha value is -1.91. The number of aliphatic imine (C=N–C) groups is 1. The molecule has 1 rings (SSSR count). The third-order valence-electron chi connectivity index (χ3n) is 5.35. The van der Waals surface area contributed by atoms with Crippen molar-refractivity contribution in [2.45, 2.75) is 79.1 Å². The maximum Gasteiger partial charge on any atom is 0.323 e. The van der Waals surface area contributed by atoms with Gasteiger partial charge in [-0.1, -0.05) is 13.8 Å². The Morgan fingerprint density at radius 3 is 2.51 bits per heavy atom. The quantitative estimate of drug-likeness (QED) is 0.146. The summed E-state index contributed by atoms with van der Waals surface area (Å²) in [5.74, 6) is 0.967. The van der Waals surface area contributed by atoms with Crippen molar-refractivity contribution in [2.24, 2.45) is 16.8 Å². The Morgan fingerprint density at radius 2 is 1.94 bits per heavy atom. The molecule has 0 saturated heterocycles. The number of carbonyl (C=O) groups is 1. The number of carbonyl (C=O) groups excluding carboxylic acids is 1. The minimum absolute atomic E-state index is 0.194. The molecule has 0 radical (unpaired) electrons. The Kier molecular flexibility index (Phi) is 14.2. The van der Waals surface area contributed by atoms with Crippen molar-refractivity contribution >= 4 is 38.2 Å². The van der Waals surface area contributed by atoms with Gasteiger partial charge in [-0.2, -0.15) is 4.98 Å². The number of ether oxygens (including phenoxy) is 2. The fourth-order valence-electron chi connectivity index (χ4n) is 3.47. The zero-order chi connectivity index (χ0) is 26.5. The molecule has 0 bridgehead atoms. The van der Waals surface area contributed by atoms with Crippen LogP contribution in [-0.4, -0.2) is 66.1 Å². The highest BCUT2D eigenvalue weighted by Crippen LogP contribution is 2.30. The van der Waals surface area contributed by atoms with Crippen LogP contribution in [0.15, 0.2) is 4.99 Å². The zero-order valence-electron chi connectivity index (χ0n) is 22.2. The third kappa shape index (κ3) is 11.6. The van der Waals surface area contributed by atoms with Gasteiger partial charge in [0.1, 0.15) is 11.7 Å². The van der Waals surface area contributed by atoms with Gasteiger partial charge in [-0.15, -0.1) is 0 Å². The van der Waals surface area contributed by atoms with Crippen LogP contribution < -0.4 is 16.1 Å². The Morgan fingerprint density at radius 1 is 1.26 bits per heavy atom. The standard InChI is InChI=1S/C23H43N6O5P/c1-9-18(12-26-20-16(5)27-23(24)28-21(20)25-7)10-15(4)11-19(32-8)13-33-35(31)29-17(6)22(30)34-14(2)3/h12,14-15,17-19,29,31H,9-11,13H2,1-8H3,(H3,24,25,27,28)/b26-12-/t15?,17?,18?,19?,35-/m0/s1. The van der Waals surface area contributed by atoms with Crippen LogP contribution in [-0.2, 0) is 18.8 Å². The van der Waals surface area contributed by atoms with Crippen molar-refractivity contribution in [3.05, 3.63) is 5.69 Å². The topological polar surface area (TPSA) is 153 Å². The van der Waals surface area contributed by atoms with Gasteiger partial charge in [-0.05, 0) is 58.8 Å². The lowest BCUT2D eigenvalue weighted by molar-refractivity contribution is -0.149. The van der Waals surface area contributed by atoms with E-state index in [1.165, 1.54) is 0 Å². The number of esters is 1. The molecular formula is C23H43N6O5P. The number of nitrogens with two attached hydrogens (primary N) is 1. The predicted octanol–water partition coefficient (Wildman–Crippen LogP) is 3.73. The van der Waals surface area contributed by atoms with Crippen LogP contribution in [0, 0.1) is 18.8 Å². The van der Waals surface area contributed by atoms with E-state index >= 15 is 0 Å². The molecule has 0 aliphatic carbocycles. The van der Waals surface area contributed by atoms with Crippen molar-refractivity contribution in [2.75, 3.05) is 31.8 Å². The number of nitrogen functional groups attached to an aromatic ring is 1. The average Bonchev–Trinajstić information content (AvgIpc) is 2.79. The summed E-state index contributed by atoms with van der Waals surface area (Å²) in [5.41, 5.74) is 7.14. The molecular weight excluding hydrogens is 471 g/mol. The van der Waals surface area contributed by atoms with Gasteiger partial charge in [0.15, 0.2) is 5.82 Å². The summed E-state index contributed by atoms with van der Waals surface area (Å²) in [6.07, 6.45) is 4.13. The van der Waals surface area contributed by atoms with E-state index in [-0.39, 0.29) is 30.7 Å². The second kappa shape index (κ2) is 16.0. The first-order valence-corrected chi connectivity index (χ1v) is 13.2. The molecule has 1 aromatic heterocycles. The molecule has 4 unspecified atom stereocenters. The van der Waals surface area contributed by atoms with Gasteiger partial charge < -0.3 is 29.9 Å². The lowest BCUT2D eigenvalue weighted by atomic mass is 9.91. The van der Waals surface area contributed by atoms with Crippen molar-refractivity contribution in [3.8, 4) is 0 Å². The van der Waals surface area contributed by atoms with Crippen molar-refractivity contribution < 1.29 is 23.7 Å². The van der Waals surface area contributed by atoms with Crippen LogP contribution in [0.25, 0.3) is 0 Å². The third-order valence-corrected chi connectivity index (χ3v) is 6.35. The molecule has 200 valence electrons. The average molecular weight is 515 g/mol. The highest BCUT2D eigenvalue weighted by atomic mass is 31.2. The summed E-state index contributed by atoms with van der Waals surface area (Å²) in [6, 6.07) is -0.670. The molecule has 0 amide bonds. The minimum atomic E-state index is -1.98. The zero-order valence-corrected chi connectivity index (χ0v) is 23.1. The van der Waals surface area contributed by atoms with E-state index in [1.807, 2.05) is 13.1 Å². The normalized spacial score (nSPS) is 16.2. The van der Waals surface area contributed by atoms with Gasteiger partial charge in [0.25, 0.3) is 8.53 Å². The van der Waals surface area contributed by atoms with Gasteiger partial charge in [0.2, 0.25) is 5.95 Å². The Balaban J connectivity index is 2.60. The van der Waals surface area contributed by atoms with Gasteiger partial charge in [0.05, 0.1) is 24.5 Å². The highest BCUT2D eigenvalue weighted by molar-refractivity contribution is 7.43. The maximum atomic E-state index is 11.9. The molecule has 5 atom stereocenters. The molecule has 0 aliphatic rings. The largest absolute Gasteiger partial charge is 0.462 e. The molecule has 0 fully saturated rings. The number of methoxy groups -OCH3 is 1. The number of aromatic nitrogens is 2. The van der Waals surface area contributed by atoms with Crippen LogP contribution in [0.3, 0.4) is 0 Å². The fraction of sp³-hybridized carbons (Fsp3) is 0.739. The number of hydrogen-bond acceptors (Lipinski definition) is 11. The summed E-state index contributed by atoms with van der Waals surface area (Å²) < 4.78 is 16.2. The second-order valence-electron chi connectivity index (χ2n) is 8.90. The highest BCUT2D eigenvalue weighted by Gasteiger charge is 2.22. The summed E-state index contributed by atoms with van der Waals surface area (Å²) in [6.45, 7) is 11.5. The van der Waals surface area contributed by atoms with E-state index in [2.05, 4.69) is 39.2 Å². The lowest BCUT2D eigenvalue weighted by Crippen LogP contribution is -2.34. The van der Waals surface area contributed by atoms with Crippen LogP contribution in [0.4, 0.5) is 17.5 Å². The summed E-state index contributed by atoms with van der Waals surface area (Å²) in [5, 5.41) is 5.75. The number of hydrogen-bond donors (Lipinski definition) is 4. The number of anilines is 2. The van der Waals surface area contributed by atoms with E-state index in [9.17, 15) is 9.69 Å². The fourth-order valence-corrected chi connectivity index (χ4v) is 4.29. The van der Waals surface area contributed by atoms with E-state index in [0.29, 0.717) is 17.4 Å². The second-order valence-corrected chi connectivity index (χ2v) is 9.96. The van der Waals surface area contributed by atoms with E-state index < -0.39 is 20.5 Å². The SMILES string of the molecule is CCC(/C=N\c1c(C)nc(N)nc1NC)CC(C)CC(CO[P@](O)NC(C)C(=O)OC(C)C)OC. The molecule has 1 heterocycles. The predicted molar refractivity (Wildman–Crippen MR) is 141 cm³/mol. The first-order valence-electron chi connectivity index (χ1n) is 12.0. The first kappa shape index (κ1) is 31.1. The Bertz CT molecular complexity index is 813. The molecule has 12 heteroatoms. The van der Waals surface area contributed by atoms with Crippen molar-refractivity contribution in [3.63, 3.8) is 0 Å². The molecule has 5 N–H and O–H groups in total. The maximum absolute atomic E-state index is 11.9. The van der Waals surface area contributed by atoms with Gasteiger partial charge in [-0.3, -0.25) is 9.79 Å². The Labute approximate surface area is 210 Å². The smallest absolute Gasteiger partial charge is 0.323 e. The molecule has 0 aromatic carbocycles. The van der Waals surface area contributed by atoms with E-state index in [1.54, 1.807) is 34.9 Å². The minimum Gasteiger partial charge on any atom is -0.462 e. The number of nitrogens with one attached hydrogen (secondary N) is 2. The molecule has 1 aromatic rings.